The fourth-order valence-electron chi connectivity index (χ4n) is 8.94. The molecule has 2 aliphatic heterocycles. The number of H-pyrrole nitrogens is 2. The van der Waals surface area contributed by atoms with E-state index in [4.69, 9.17) is 34.8 Å². The summed E-state index contributed by atoms with van der Waals surface area (Å²) in [4.78, 5) is 76.3. The van der Waals surface area contributed by atoms with E-state index in [1.54, 1.807) is 29.4 Å². The van der Waals surface area contributed by atoms with E-state index in [1.807, 2.05) is 135 Å². The molecule has 0 spiro atoms. The summed E-state index contributed by atoms with van der Waals surface area (Å²) in [6.07, 6.45) is 16.8. The van der Waals surface area contributed by atoms with Gasteiger partial charge in [-0.25, -0.2) is 19.9 Å². The Balaban J connectivity index is 0.000000208. The lowest BCUT2D eigenvalue weighted by molar-refractivity contribution is -0.130. The predicted octanol–water partition coefficient (Wildman–Crippen LogP) is 12.6. The number of aromatic nitrogens is 6. The highest BCUT2D eigenvalue weighted by atomic mass is 79.9. The molecule has 2 aliphatic rings. The van der Waals surface area contributed by atoms with E-state index in [0.29, 0.717) is 64.0 Å². The molecule has 4 aromatic carbocycles. The van der Waals surface area contributed by atoms with Gasteiger partial charge in [0, 0.05) is 106 Å². The molecular formula is C59H63BrCl3N13O4. The molecule has 3 amide bonds. The van der Waals surface area contributed by atoms with Gasteiger partial charge in [-0.3, -0.25) is 19.2 Å². The zero-order valence-electron chi connectivity index (χ0n) is 43.4. The molecule has 0 radical (unpaired) electrons. The zero-order chi connectivity index (χ0) is 55.7. The van der Waals surface area contributed by atoms with Crippen molar-refractivity contribution in [1.82, 2.24) is 45.0 Å². The number of piperidine rings is 2. The number of carbonyl (C=O) groups is 4. The zero-order valence-corrected chi connectivity index (χ0v) is 47.3. The minimum Gasteiger partial charge on any atom is -0.360 e. The van der Waals surface area contributed by atoms with Crippen molar-refractivity contribution in [3.63, 3.8) is 0 Å². The standard InChI is InChI=1S/C30H32ClN7O2.C24H23ClN6O.C4H4BrClO.CH4/c1-37(2)14-7-13-27(39)38-15-6-8-20(19-38)29(40)34-21-9-5-10-22(16-21)35-30-33-18-25(31)28(36-30)24-17-32-26-12-4-3-11-23(24)26;25-20-14-28-24(31-22(20)19-13-27-21-9-2-1-8-18(19)21)30-17-7-3-6-16(11-17)29-23(32)15-5-4-10-26-12-15;5-3-1-2-4(6)7;/h3-5,7,9-13,16-18,20,32H,6,8,14-15,19H2,1-2H3,(H,34,40)(H,33,35,36);1-3,6-9,11,13-15,26-27H,4-5,10,12H2,(H,29,32)(H,28,30,31);1-2H,3H2;1H4/b13-7+;;2-1+;/t20-;15-;;/m00../s1. The van der Waals surface area contributed by atoms with Gasteiger partial charge in [0.05, 0.1) is 45.7 Å². The number of para-hydroxylation sites is 2. The number of halogens is 4. The van der Waals surface area contributed by atoms with Crippen LogP contribution in [0.2, 0.25) is 10.0 Å². The van der Waals surface area contributed by atoms with Crippen LogP contribution in [0.1, 0.15) is 33.1 Å². The number of likely N-dealkylation sites (tertiary alicyclic amines) is 1. The number of aromatic amines is 2. The van der Waals surface area contributed by atoms with Crippen molar-refractivity contribution < 1.29 is 19.2 Å². The van der Waals surface area contributed by atoms with Crippen LogP contribution >= 0.6 is 50.7 Å². The van der Waals surface area contributed by atoms with Gasteiger partial charge in [-0.15, -0.1) is 0 Å². The molecule has 7 N–H and O–H groups in total. The molecule has 0 unspecified atom stereocenters. The molecular weight excluding hydrogens is 1140 g/mol. The van der Waals surface area contributed by atoms with Crippen molar-refractivity contribution in [1.29, 1.82) is 0 Å². The number of carbonyl (C=O) groups excluding carboxylic acids is 4. The van der Waals surface area contributed by atoms with Crippen molar-refractivity contribution >= 4 is 130 Å². The highest BCUT2D eigenvalue weighted by molar-refractivity contribution is 9.09. The second-order valence-corrected chi connectivity index (χ2v) is 20.7. The summed E-state index contributed by atoms with van der Waals surface area (Å²) in [5.41, 5.74) is 7.96. The van der Waals surface area contributed by atoms with Gasteiger partial charge in [0.2, 0.25) is 34.9 Å². The van der Waals surface area contributed by atoms with Crippen LogP contribution in [0.4, 0.5) is 34.6 Å². The fourth-order valence-corrected chi connectivity index (χ4v) is 9.60. The Morgan fingerprint density at radius 1 is 0.700 bits per heavy atom. The molecule has 416 valence electrons. The maximum atomic E-state index is 13.1. The molecule has 2 saturated heterocycles. The van der Waals surface area contributed by atoms with Crippen LogP contribution in [0, 0.1) is 11.8 Å². The van der Waals surface area contributed by atoms with Gasteiger partial charge in [-0.05, 0) is 113 Å². The second kappa shape index (κ2) is 29.7. The maximum Gasteiger partial charge on any atom is 0.246 e. The average Bonchev–Trinajstić information content (AvgIpc) is 4.14. The number of hydrogen-bond donors (Lipinski definition) is 7. The third kappa shape index (κ3) is 16.8. The van der Waals surface area contributed by atoms with E-state index < -0.39 is 5.24 Å². The van der Waals surface area contributed by atoms with Crippen LogP contribution in [0.3, 0.4) is 0 Å². The van der Waals surface area contributed by atoms with E-state index in [9.17, 15) is 19.2 Å². The van der Waals surface area contributed by atoms with Crippen molar-refractivity contribution in [2.45, 2.75) is 33.1 Å². The number of rotatable bonds is 15. The Morgan fingerprint density at radius 2 is 1.23 bits per heavy atom. The highest BCUT2D eigenvalue weighted by Gasteiger charge is 2.28. The summed E-state index contributed by atoms with van der Waals surface area (Å²) in [6, 6.07) is 30.9. The molecule has 80 heavy (non-hydrogen) atoms. The number of nitrogens with one attached hydrogen (secondary N) is 7. The van der Waals surface area contributed by atoms with E-state index in [0.717, 1.165) is 88.8 Å². The third-order valence-corrected chi connectivity index (χ3v) is 13.8. The number of benzene rings is 4. The predicted molar refractivity (Wildman–Crippen MR) is 328 cm³/mol. The number of amides is 3. The van der Waals surface area contributed by atoms with Crippen molar-refractivity contribution in [3.8, 4) is 22.5 Å². The quantitative estimate of drug-likeness (QED) is 0.0290. The summed E-state index contributed by atoms with van der Waals surface area (Å²) in [5.74, 6) is 0.427. The number of hydrogen-bond acceptors (Lipinski definition) is 12. The number of allylic oxidation sites excluding steroid dienone is 2. The van der Waals surface area contributed by atoms with Gasteiger partial charge >= 0.3 is 0 Å². The summed E-state index contributed by atoms with van der Waals surface area (Å²) in [5, 5.41) is 19.0. The number of nitrogens with zero attached hydrogens (tertiary/aromatic N) is 6. The smallest absolute Gasteiger partial charge is 0.246 e. The van der Waals surface area contributed by atoms with E-state index >= 15 is 0 Å². The Morgan fingerprint density at radius 3 is 1.73 bits per heavy atom. The van der Waals surface area contributed by atoms with Crippen LogP contribution in [-0.4, -0.2) is 115 Å². The SMILES string of the molecule is C.CN(C)C/C=C/C(=O)N1CCC[C@H](C(=O)Nc2cccc(Nc3ncc(Cl)c(-c4c[nH]c5ccccc45)n3)c2)C1.O=C(Cl)/C=C/CBr.O=C(Nc1cccc(Nc2ncc(Cl)c(-c3c[nH]c4ccccc34)n2)c1)[C@H]1CCCNC1. The van der Waals surface area contributed by atoms with Gasteiger partial charge in [0.15, 0.2) is 0 Å². The normalized spacial score (nSPS) is 15.1. The third-order valence-electron chi connectivity index (χ3n) is 12.8. The molecule has 21 heteroatoms. The molecule has 0 saturated carbocycles. The van der Waals surface area contributed by atoms with Crippen LogP contribution in [0.25, 0.3) is 44.3 Å². The molecule has 6 heterocycles. The Hall–Kier alpha value is -7.45. The Labute approximate surface area is 488 Å². The summed E-state index contributed by atoms with van der Waals surface area (Å²) >= 11 is 20.9. The minimum absolute atomic E-state index is 0. The molecule has 2 fully saturated rings. The lowest BCUT2D eigenvalue weighted by atomic mass is 9.97. The van der Waals surface area contributed by atoms with Crippen molar-refractivity contribution in [2.24, 2.45) is 11.8 Å². The molecule has 17 nitrogen and oxygen atoms in total. The molecule has 10 rings (SSSR count). The number of fused-ring (bicyclic) bond motifs is 2. The molecule has 0 aliphatic carbocycles. The largest absolute Gasteiger partial charge is 0.360 e. The van der Waals surface area contributed by atoms with Gasteiger partial charge in [0.25, 0.3) is 0 Å². The maximum absolute atomic E-state index is 13.1. The van der Waals surface area contributed by atoms with Crippen LogP contribution in [0.5, 0.6) is 0 Å². The Bertz CT molecular complexity index is 3470. The van der Waals surface area contributed by atoms with Crippen LogP contribution < -0.4 is 26.6 Å². The molecule has 4 aromatic heterocycles. The first-order valence-corrected chi connectivity index (χ1v) is 27.8. The summed E-state index contributed by atoms with van der Waals surface area (Å²) in [7, 11) is 3.90. The van der Waals surface area contributed by atoms with Crippen LogP contribution in [0.15, 0.2) is 146 Å². The van der Waals surface area contributed by atoms with Gasteiger partial charge in [0.1, 0.15) is 0 Å². The van der Waals surface area contributed by atoms with E-state index in [2.05, 4.69) is 72.4 Å². The highest BCUT2D eigenvalue weighted by Crippen LogP contribution is 2.35. The summed E-state index contributed by atoms with van der Waals surface area (Å²) in [6.45, 7) is 3.46. The fraction of sp³-hybridized carbons (Fsp3) is 0.254. The van der Waals surface area contributed by atoms with Gasteiger partial charge < -0.3 is 46.4 Å². The first-order chi connectivity index (χ1) is 38.3. The Kier molecular flexibility index (Phi) is 22.3. The second-order valence-electron chi connectivity index (χ2n) is 18.9. The lowest BCUT2D eigenvalue weighted by Crippen LogP contribution is -2.43. The lowest BCUT2D eigenvalue weighted by Gasteiger charge is -2.31. The topological polar surface area (TPSA) is 218 Å². The molecule has 8 aromatic rings. The monoisotopic (exact) mass is 1200 g/mol. The van der Waals surface area contributed by atoms with Crippen LogP contribution in [-0.2, 0) is 19.2 Å². The van der Waals surface area contributed by atoms with Gasteiger partial charge in [-0.1, -0.05) is 107 Å². The minimum atomic E-state index is -0.431. The average molecular weight is 1200 g/mol. The first-order valence-electron chi connectivity index (χ1n) is 25.6. The van der Waals surface area contributed by atoms with Gasteiger partial charge in [-0.2, -0.15) is 0 Å². The van der Waals surface area contributed by atoms with E-state index in [1.165, 1.54) is 6.08 Å². The molecule has 0 bridgehead atoms. The first kappa shape index (κ1) is 60.2. The molecule has 2 atom stereocenters. The summed E-state index contributed by atoms with van der Waals surface area (Å²) < 4.78 is 0. The van der Waals surface area contributed by atoms with E-state index in [-0.39, 0.29) is 37.0 Å². The number of likely N-dealkylation sites (N-methyl/N-ethyl adjacent to an activating group) is 1. The number of alkyl halides is 1. The van der Waals surface area contributed by atoms with Crippen molar-refractivity contribution in [2.75, 3.05) is 73.4 Å². The van der Waals surface area contributed by atoms with Crippen molar-refractivity contribution in [3.05, 3.63) is 156 Å². The number of anilines is 6.